The minimum atomic E-state index is -4.81. The third-order valence-corrected chi connectivity index (χ3v) is 7.21. The van der Waals surface area contributed by atoms with Crippen LogP contribution in [0.4, 0.5) is 22.0 Å². The van der Waals surface area contributed by atoms with E-state index in [1.54, 1.807) is 17.8 Å². The number of aromatic nitrogens is 3. The molecule has 0 radical (unpaired) electrons. The Morgan fingerprint density at radius 3 is 2.49 bits per heavy atom. The molecule has 2 aromatic heterocycles. The molecule has 0 aliphatic carbocycles. The summed E-state index contributed by atoms with van der Waals surface area (Å²) in [4.78, 5) is 16.3. The number of methoxy groups -OCH3 is 1. The van der Waals surface area contributed by atoms with Gasteiger partial charge in [-0.15, -0.1) is 0 Å². The van der Waals surface area contributed by atoms with Crippen LogP contribution in [-0.4, -0.2) is 33.7 Å². The van der Waals surface area contributed by atoms with Gasteiger partial charge in [-0.2, -0.15) is 22.7 Å². The zero-order valence-electron chi connectivity index (χ0n) is 21.2. The van der Waals surface area contributed by atoms with Gasteiger partial charge in [0.2, 0.25) is 5.82 Å². The third-order valence-electron chi connectivity index (χ3n) is 7.21. The number of nitrogens with zero attached hydrogens (tertiary/aromatic N) is 2. The van der Waals surface area contributed by atoms with Crippen LogP contribution in [0.1, 0.15) is 62.7 Å². The van der Waals surface area contributed by atoms with Gasteiger partial charge in [-0.05, 0) is 33.8 Å². The summed E-state index contributed by atoms with van der Waals surface area (Å²) in [6.45, 7) is 7.63. The van der Waals surface area contributed by atoms with Gasteiger partial charge in [0.25, 0.3) is 0 Å². The van der Waals surface area contributed by atoms with Gasteiger partial charge >= 0.3 is 6.18 Å². The molecular formula is C26H28F5N3O3. The highest BCUT2D eigenvalue weighted by atomic mass is 19.4. The first kappa shape index (κ1) is 26.8. The summed E-state index contributed by atoms with van der Waals surface area (Å²) >= 11 is 0. The second kappa shape index (κ2) is 9.27. The third kappa shape index (κ3) is 4.32. The normalized spacial score (nSPS) is 24.2. The fourth-order valence-electron chi connectivity index (χ4n) is 5.04. The van der Waals surface area contributed by atoms with Crippen molar-refractivity contribution in [2.75, 3.05) is 7.11 Å². The molecule has 0 amide bonds. The lowest BCUT2D eigenvalue weighted by atomic mass is 9.76. The van der Waals surface area contributed by atoms with Crippen LogP contribution in [0, 0.1) is 24.5 Å². The van der Waals surface area contributed by atoms with Crippen LogP contribution in [0.2, 0.25) is 0 Å². The quantitative estimate of drug-likeness (QED) is 0.401. The minimum Gasteiger partial charge on any atom is -0.493 e. The molecule has 200 valence electrons. The number of hydrogen-bond donors (Lipinski definition) is 1. The summed E-state index contributed by atoms with van der Waals surface area (Å²) in [5, 5.41) is 4.26. The van der Waals surface area contributed by atoms with Crippen LogP contribution < -0.4 is 10.2 Å². The van der Waals surface area contributed by atoms with Crippen LogP contribution >= 0.6 is 0 Å². The van der Waals surface area contributed by atoms with Crippen molar-refractivity contribution in [2.45, 2.75) is 64.5 Å². The SMILES string of the molecule is COc1c([C@H]2[C@H](c3[nH]c(C)cc(=O)c3-c3cnn(C(C)C)c3)O[C@@](C)(C(F)(F)F)[C@H]2C)ccc(F)c1F. The van der Waals surface area contributed by atoms with Crippen molar-refractivity contribution in [3.05, 3.63) is 69.4 Å². The van der Waals surface area contributed by atoms with Gasteiger partial charge in [-0.25, -0.2) is 4.39 Å². The maximum absolute atomic E-state index is 14.7. The topological polar surface area (TPSA) is 69.1 Å². The predicted octanol–water partition coefficient (Wildman–Crippen LogP) is 6.23. The number of benzene rings is 1. The second-order valence-electron chi connectivity index (χ2n) is 9.85. The zero-order valence-corrected chi connectivity index (χ0v) is 21.2. The Kier molecular flexibility index (Phi) is 6.72. The van der Waals surface area contributed by atoms with Crippen molar-refractivity contribution >= 4 is 0 Å². The van der Waals surface area contributed by atoms with Crippen molar-refractivity contribution in [2.24, 2.45) is 5.92 Å². The molecule has 0 saturated carbocycles. The molecule has 4 rings (SSSR count). The largest absolute Gasteiger partial charge is 0.493 e. The van der Waals surface area contributed by atoms with Gasteiger partial charge in [0, 0.05) is 47.0 Å². The van der Waals surface area contributed by atoms with Gasteiger partial charge in [-0.3, -0.25) is 9.48 Å². The molecule has 1 aliphatic heterocycles. The average Bonchev–Trinajstić information content (AvgIpc) is 3.39. The second-order valence-corrected chi connectivity index (χ2v) is 9.85. The molecule has 11 heteroatoms. The number of aryl methyl sites for hydroxylation is 1. The molecule has 0 unspecified atom stereocenters. The molecule has 4 atom stereocenters. The number of H-pyrrole nitrogens is 1. The highest BCUT2D eigenvalue weighted by Crippen LogP contribution is 2.60. The molecule has 37 heavy (non-hydrogen) atoms. The first-order valence-electron chi connectivity index (χ1n) is 11.8. The maximum Gasteiger partial charge on any atom is 0.417 e. The monoisotopic (exact) mass is 525 g/mol. The zero-order chi connectivity index (χ0) is 27.4. The number of pyridine rings is 1. The smallest absolute Gasteiger partial charge is 0.417 e. The van der Waals surface area contributed by atoms with E-state index in [1.807, 2.05) is 13.8 Å². The van der Waals surface area contributed by atoms with E-state index in [0.717, 1.165) is 20.1 Å². The highest BCUT2D eigenvalue weighted by Gasteiger charge is 2.65. The fraction of sp³-hybridized carbons (Fsp3) is 0.462. The van der Waals surface area contributed by atoms with Crippen molar-refractivity contribution in [1.82, 2.24) is 14.8 Å². The Morgan fingerprint density at radius 2 is 1.92 bits per heavy atom. The molecule has 0 spiro atoms. The first-order valence-corrected chi connectivity index (χ1v) is 11.8. The first-order chi connectivity index (χ1) is 17.2. The predicted molar refractivity (Wildman–Crippen MR) is 127 cm³/mol. The lowest BCUT2D eigenvalue weighted by Crippen LogP contribution is -2.46. The van der Waals surface area contributed by atoms with E-state index in [1.165, 1.54) is 25.3 Å². The molecule has 1 saturated heterocycles. The van der Waals surface area contributed by atoms with Crippen molar-refractivity contribution in [3.63, 3.8) is 0 Å². The van der Waals surface area contributed by atoms with E-state index >= 15 is 0 Å². The van der Waals surface area contributed by atoms with E-state index in [-0.39, 0.29) is 22.9 Å². The highest BCUT2D eigenvalue weighted by molar-refractivity contribution is 5.65. The van der Waals surface area contributed by atoms with E-state index in [0.29, 0.717) is 11.3 Å². The Morgan fingerprint density at radius 1 is 1.24 bits per heavy atom. The molecule has 1 aromatic carbocycles. The van der Waals surface area contributed by atoms with Crippen molar-refractivity contribution in [3.8, 4) is 16.9 Å². The van der Waals surface area contributed by atoms with E-state index in [2.05, 4.69) is 10.1 Å². The summed E-state index contributed by atoms with van der Waals surface area (Å²) in [6, 6.07) is 3.34. The molecule has 3 aromatic rings. The van der Waals surface area contributed by atoms with E-state index in [9.17, 15) is 26.7 Å². The number of aromatic amines is 1. The summed E-state index contributed by atoms with van der Waals surface area (Å²) in [5.41, 5.74) is -2.15. The summed E-state index contributed by atoms with van der Waals surface area (Å²) in [7, 11) is 1.11. The van der Waals surface area contributed by atoms with Crippen molar-refractivity contribution in [1.29, 1.82) is 0 Å². The number of ether oxygens (including phenoxy) is 2. The summed E-state index contributed by atoms with van der Waals surface area (Å²) < 4.78 is 84.4. The van der Waals surface area contributed by atoms with Crippen LogP contribution in [0.15, 0.2) is 35.4 Å². The summed E-state index contributed by atoms with van der Waals surface area (Å²) in [5.74, 6) is -5.46. The minimum absolute atomic E-state index is 0.00180. The lowest BCUT2D eigenvalue weighted by molar-refractivity contribution is -0.275. The molecule has 1 N–H and O–H groups in total. The standard InChI is InChI=1S/C26H28F5N3O3/c1-12(2)34-11-15(10-32-34)20-18(35)9-13(3)33-22(20)24-19(14(4)25(5,37-24)26(29,30)31)16-7-8-17(27)21(28)23(16)36-6/h7-12,14,19,24H,1-6H3,(H,33,35)/t14-,19-,24+,25+/m0/s1. The molecular weight excluding hydrogens is 497 g/mol. The van der Waals surface area contributed by atoms with Gasteiger partial charge in [0.15, 0.2) is 22.6 Å². The van der Waals surface area contributed by atoms with Gasteiger partial charge < -0.3 is 14.5 Å². The van der Waals surface area contributed by atoms with Gasteiger partial charge in [0.05, 0.1) is 24.6 Å². The molecule has 1 fully saturated rings. The van der Waals surface area contributed by atoms with Gasteiger partial charge in [0.1, 0.15) is 6.10 Å². The molecule has 3 heterocycles. The lowest BCUT2D eigenvalue weighted by Gasteiger charge is -2.32. The molecule has 1 aliphatic rings. The molecule has 6 nitrogen and oxygen atoms in total. The van der Waals surface area contributed by atoms with E-state index < -0.39 is 52.5 Å². The maximum atomic E-state index is 14.7. The number of hydrogen-bond acceptors (Lipinski definition) is 4. The molecule has 0 bridgehead atoms. The number of rotatable bonds is 5. The number of nitrogens with one attached hydrogen (secondary N) is 1. The summed E-state index contributed by atoms with van der Waals surface area (Å²) in [6.07, 6.45) is -3.11. The van der Waals surface area contributed by atoms with Crippen LogP contribution in [0.25, 0.3) is 11.1 Å². The average molecular weight is 526 g/mol. The number of alkyl halides is 3. The number of halogens is 5. The fourth-order valence-corrected chi connectivity index (χ4v) is 5.04. The van der Waals surface area contributed by atoms with Gasteiger partial charge in [-0.1, -0.05) is 13.0 Å². The van der Waals surface area contributed by atoms with Crippen LogP contribution in [0.3, 0.4) is 0 Å². The van der Waals surface area contributed by atoms with Crippen LogP contribution in [-0.2, 0) is 4.74 Å². The Balaban J connectivity index is 2.01. The Bertz CT molecular complexity index is 1380. The van der Waals surface area contributed by atoms with Crippen LogP contribution in [0.5, 0.6) is 5.75 Å². The Labute approximate surface area is 210 Å². The van der Waals surface area contributed by atoms with E-state index in [4.69, 9.17) is 9.47 Å². The Hall–Kier alpha value is -3.21. The van der Waals surface area contributed by atoms with Crippen molar-refractivity contribution < 1.29 is 31.4 Å².